The number of hydrogen-bond donors (Lipinski definition) is 2. The second-order valence-electron chi connectivity index (χ2n) is 6.12. The fourth-order valence-corrected chi connectivity index (χ4v) is 2.95. The molecule has 3 rings (SSSR count). The first-order chi connectivity index (χ1) is 7.83. The minimum absolute atomic E-state index is 0.0141. The van der Waals surface area contributed by atoms with Gasteiger partial charge in [0, 0.05) is 24.5 Å². The van der Waals surface area contributed by atoms with Crippen LogP contribution in [0.3, 0.4) is 0 Å². The molecule has 2 aliphatic heterocycles. The molecule has 0 aromatic heterocycles. The molecule has 0 aromatic rings. The summed E-state index contributed by atoms with van der Waals surface area (Å²) in [7, 11) is 0. The number of amides is 1. The Morgan fingerprint density at radius 1 is 1.59 bits per heavy atom. The predicted molar refractivity (Wildman–Crippen MR) is 63.4 cm³/mol. The summed E-state index contributed by atoms with van der Waals surface area (Å²) >= 11 is 0. The third kappa shape index (κ3) is 2.26. The molecule has 5 heteroatoms. The molecule has 98 valence electrons. The maximum absolute atomic E-state index is 12.0. The van der Waals surface area contributed by atoms with E-state index in [1.165, 1.54) is 0 Å². The Bertz CT molecular complexity index is 313. The van der Waals surface area contributed by atoms with Gasteiger partial charge in [0.2, 0.25) is 0 Å². The zero-order valence-electron chi connectivity index (χ0n) is 10.7. The first-order valence-corrected chi connectivity index (χ1v) is 6.19. The molecule has 17 heavy (non-hydrogen) atoms. The molecule has 4 atom stereocenters. The summed E-state index contributed by atoms with van der Waals surface area (Å²) in [6.07, 6.45) is 0.745. The number of nitrogens with two attached hydrogens (primary N) is 1. The molecular formula is C12H22N2O3. The largest absolute Gasteiger partial charge is 0.444 e. The van der Waals surface area contributed by atoms with Gasteiger partial charge in [0.1, 0.15) is 5.60 Å². The van der Waals surface area contributed by atoms with E-state index in [9.17, 15) is 4.79 Å². The van der Waals surface area contributed by atoms with E-state index in [-0.39, 0.29) is 30.7 Å². The summed E-state index contributed by atoms with van der Waals surface area (Å²) < 4.78 is 5.36. The van der Waals surface area contributed by atoms with Crippen LogP contribution in [-0.2, 0) is 4.74 Å². The number of aliphatic hydroxyl groups excluding tert-OH is 1. The number of rotatable bonds is 2. The molecule has 2 bridgehead atoms. The highest BCUT2D eigenvalue weighted by molar-refractivity contribution is 5.69. The molecule has 3 aliphatic rings. The zero-order valence-corrected chi connectivity index (χ0v) is 10.7. The third-order valence-electron chi connectivity index (χ3n) is 3.70. The lowest BCUT2D eigenvalue weighted by atomic mass is 9.70. The van der Waals surface area contributed by atoms with E-state index in [1.807, 2.05) is 20.8 Å². The van der Waals surface area contributed by atoms with Gasteiger partial charge in [-0.15, -0.1) is 0 Å². The van der Waals surface area contributed by atoms with Crippen molar-refractivity contribution < 1.29 is 14.6 Å². The number of carbonyl (C=O) groups is 1. The van der Waals surface area contributed by atoms with Crippen molar-refractivity contribution in [2.24, 2.45) is 17.6 Å². The topological polar surface area (TPSA) is 75.8 Å². The first kappa shape index (κ1) is 12.6. The molecular weight excluding hydrogens is 220 g/mol. The Morgan fingerprint density at radius 3 is 2.76 bits per heavy atom. The van der Waals surface area contributed by atoms with Crippen LogP contribution in [0, 0.1) is 11.8 Å². The van der Waals surface area contributed by atoms with Crippen molar-refractivity contribution >= 4 is 6.09 Å². The molecule has 1 unspecified atom stereocenters. The van der Waals surface area contributed by atoms with Crippen molar-refractivity contribution in [3.05, 3.63) is 0 Å². The first-order valence-electron chi connectivity index (χ1n) is 6.19. The lowest BCUT2D eigenvalue weighted by Gasteiger charge is -2.39. The second kappa shape index (κ2) is 4.14. The summed E-state index contributed by atoms with van der Waals surface area (Å²) in [5.41, 5.74) is 5.40. The molecule has 0 radical (unpaired) electrons. The van der Waals surface area contributed by atoms with E-state index >= 15 is 0 Å². The van der Waals surface area contributed by atoms with Crippen molar-refractivity contribution in [2.45, 2.75) is 44.9 Å². The maximum Gasteiger partial charge on any atom is 0.410 e. The number of aliphatic hydroxyl groups is 1. The van der Waals surface area contributed by atoms with Crippen molar-refractivity contribution in [1.29, 1.82) is 0 Å². The van der Waals surface area contributed by atoms with Crippen LogP contribution >= 0.6 is 0 Å². The Labute approximate surface area is 102 Å². The van der Waals surface area contributed by atoms with Crippen molar-refractivity contribution in [2.75, 3.05) is 13.2 Å². The van der Waals surface area contributed by atoms with Gasteiger partial charge in [-0.1, -0.05) is 0 Å². The SMILES string of the molecule is CC(C)(C)OC(=O)N1C[C@@H]2C[C@H]1C2[C@@H](N)CO. The Kier molecular flexibility index (Phi) is 3.08. The van der Waals surface area contributed by atoms with E-state index in [0.29, 0.717) is 5.92 Å². The van der Waals surface area contributed by atoms with Crippen LogP contribution in [0.2, 0.25) is 0 Å². The van der Waals surface area contributed by atoms with Crippen LogP contribution in [0.1, 0.15) is 27.2 Å². The Morgan fingerprint density at radius 2 is 2.24 bits per heavy atom. The van der Waals surface area contributed by atoms with Crippen molar-refractivity contribution in [3.63, 3.8) is 0 Å². The highest BCUT2D eigenvalue weighted by atomic mass is 16.6. The van der Waals surface area contributed by atoms with Crippen molar-refractivity contribution in [3.8, 4) is 0 Å². The number of carbonyl (C=O) groups excluding carboxylic acids is 1. The summed E-state index contributed by atoms with van der Waals surface area (Å²) in [6, 6.07) is -0.0526. The zero-order chi connectivity index (χ0) is 12.8. The van der Waals surface area contributed by atoms with Gasteiger partial charge < -0.3 is 20.5 Å². The highest BCUT2D eigenvalue weighted by Crippen LogP contribution is 2.47. The van der Waals surface area contributed by atoms with E-state index in [4.69, 9.17) is 15.6 Å². The van der Waals surface area contributed by atoms with Crippen LogP contribution in [0.4, 0.5) is 4.79 Å². The Hall–Kier alpha value is -0.810. The average Bonchev–Trinajstić information content (AvgIpc) is 2.71. The lowest BCUT2D eigenvalue weighted by molar-refractivity contribution is 0.0169. The standard InChI is InChI=1S/C12H22N2O3/c1-12(2,3)17-11(16)14-5-7-4-9(14)10(7)8(13)6-15/h7-10,15H,4-6,13H2,1-3H3/t7-,8-,9-,10?/m0/s1. The van der Waals surface area contributed by atoms with Crippen LogP contribution in [0.25, 0.3) is 0 Å². The van der Waals surface area contributed by atoms with E-state index in [0.717, 1.165) is 13.0 Å². The molecule has 0 spiro atoms. The lowest BCUT2D eigenvalue weighted by Crippen LogP contribution is -2.52. The molecule has 2 saturated heterocycles. The van der Waals surface area contributed by atoms with Gasteiger partial charge in [0.25, 0.3) is 0 Å². The highest BCUT2D eigenvalue weighted by Gasteiger charge is 2.56. The minimum Gasteiger partial charge on any atom is -0.444 e. The van der Waals surface area contributed by atoms with Crippen LogP contribution in [-0.4, -0.2) is 46.9 Å². The second-order valence-corrected chi connectivity index (χ2v) is 6.12. The van der Waals surface area contributed by atoms with Crippen molar-refractivity contribution in [1.82, 2.24) is 4.90 Å². The number of fused-ring (bicyclic) bond motifs is 1. The van der Waals surface area contributed by atoms with Crippen LogP contribution in [0.15, 0.2) is 0 Å². The number of ether oxygens (including phenoxy) is 1. The summed E-state index contributed by atoms with van der Waals surface area (Å²) in [5, 5.41) is 9.09. The Balaban J connectivity index is 1.96. The molecule has 1 amide bonds. The number of hydrogen-bond acceptors (Lipinski definition) is 4. The average molecular weight is 242 g/mol. The molecule has 3 N–H and O–H groups in total. The molecule has 5 nitrogen and oxygen atoms in total. The predicted octanol–water partition coefficient (Wildman–Crippen LogP) is 0.561. The minimum atomic E-state index is -0.460. The normalized spacial score (nSPS) is 33.2. The fraction of sp³-hybridized carbons (Fsp3) is 0.917. The summed E-state index contributed by atoms with van der Waals surface area (Å²) in [4.78, 5) is 13.7. The van der Waals surface area contributed by atoms with E-state index in [1.54, 1.807) is 4.90 Å². The number of nitrogens with zero attached hydrogens (tertiary/aromatic N) is 1. The molecule has 1 aliphatic carbocycles. The van der Waals surface area contributed by atoms with Gasteiger partial charge in [-0.05, 0) is 33.1 Å². The van der Waals surface area contributed by atoms with Crippen LogP contribution in [0.5, 0.6) is 0 Å². The summed E-state index contributed by atoms with van der Waals surface area (Å²) in [5.74, 6) is 0.683. The molecule has 0 aromatic carbocycles. The van der Waals surface area contributed by atoms with Gasteiger partial charge in [-0.3, -0.25) is 0 Å². The smallest absolute Gasteiger partial charge is 0.410 e. The molecule has 1 saturated carbocycles. The molecule has 2 heterocycles. The van der Waals surface area contributed by atoms with Gasteiger partial charge >= 0.3 is 6.09 Å². The van der Waals surface area contributed by atoms with Crippen LogP contribution < -0.4 is 5.73 Å². The van der Waals surface area contributed by atoms with Gasteiger partial charge in [-0.25, -0.2) is 4.79 Å². The maximum atomic E-state index is 12.0. The quantitative estimate of drug-likeness (QED) is 0.742. The van der Waals surface area contributed by atoms with Gasteiger partial charge in [-0.2, -0.15) is 0 Å². The molecule has 3 fully saturated rings. The third-order valence-corrected chi connectivity index (χ3v) is 3.70. The summed E-state index contributed by atoms with van der Waals surface area (Å²) in [6.45, 7) is 6.30. The van der Waals surface area contributed by atoms with Gasteiger partial charge in [0.05, 0.1) is 6.61 Å². The van der Waals surface area contributed by atoms with Gasteiger partial charge in [0.15, 0.2) is 0 Å². The fourth-order valence-electron chi connectivity index (χ4n) is 2.95. The monoisotopic (exact) mass is 242 g/mol. The van der Waals surface area contributed by atoms with E-state index in [2.05, 4.69) is 0 Å². The van der Waals surface area contributed by atoms with E-state index < -0.39 is 5.60 Å².